The Morgan fingerprint density at radius 2 is 1.86 bits per heavy atom. The molecule has 0 spiro atoms. The molecule has 1 aromatic carbocycles. The zero-order valence-electron chi connectivity index (χ0n) is 17.3. The third kappa shape index (κ3) is 9.45. The monoisotopic (exact) mass is 503 g/mol. The van der Waals surface area contributed by atoms with Gasteiger partial charge in [-0.15, -0.1) is 24.0 Å². The summed E-state index contributed by atoms with van der Waals surface area (Å²) in [5.41, 5.74) is 0.193. The van der Waals surface area contributed by atoms with E-state index in [1.807, 2.05) is 30.3 Å². The maximum absolute atomic E-state index is 9.47. The smallest absolute Gasteiger partial charge is 0.191 e. The van der Waals surface area contributed by atoms with E-state index in [4.69, 9.17) is 9.73 Å². The van der Waals surface area contributed by atoms with Crippen molar-refractivity contribution in [3.05, 3.63) is 30.3 Å². The summed E-state index contributed by atoms with van der Waals surface area (Å²) in [5.74, 6) is 1.83. The van der Waals surface area contributed by atoms with Crippen LogP contribution >= 0.6 is 24.0 Å². The van der Waals surface area contributed by atoms with Gasteiger partial charge in [-0.1, -0.05) is 37.5 Å². The number of aliphatic imine (C=N–C) groups is 1. The summed E-state index contributed by atoms with van der Waals surface area (Å²) in [4.78, 5) is 4.85. The van der Waals surface area contributed by atoms with Crippen LogP contribution in [0.3, 0.4) is 0 Å². The minimum atomic E-state index is 0. The van der Waals surface area contributed by atoms with E-state index in [-0.39, 0.29) is 36.0 Å². The minimum Gasteiger partial charge on any atom is -0.494 e. The number of hydrogen-bond acceptors (Lipinski definition) is 3. The van der Waals surface area contributed by atoms with Crippen molar-refractivity contribution in [2.45, 2.75) is 58.3 Å². The Morgan fingerprint density at radius 1 is 1.11 bits per heavy atom. The summed E-state index contributed by atoms with van der Waals surface area (Å²) in [6.07, 6.45) is 9.14. The Bertz CT molecular complexity index is 528. The fourth-order valence-electron chi connectivity index (χ4n) is 3.76. The molecule has 1 aliphatic rings. The molecule has 0 saturated heterocycles. The summed E-state index contributed by atoms with van der Waals surface area (Å²) < 4.78 is 5.73. The zero-order chi connectivity index (χ0) is 19.2. The summed E-state index contributed by atoms with van der Waals surface area (Å²) in [5, 5.41) is 16.2. The first-order chi connectivity index (χ1) is 13.3. The van der Waals surface area contributed by atoms with Gasteiger partial charge >= 0.3 is 0 Å². The predicted molar refractivity (Wildman–Crippen MR) is 128 cm³/mol. The van der Waals surface area contributed by atoms with Crippen molar-refractivity contribution in [3.63, 3.8) is 0 Å². The number of halogens is 1. The van der Waals surface area contributed by atoms with E-state index in [9.17, 15) is 5.11 Å². The highest BCUT2D eigenvalue weighted by Crippen LogP contribution is 2.39. The average Bonchev–Trinajstić information content (AvgIpc) is 2.70. The van der Waals surface area contributed by atoms with Crippen LogP contribution in [0.1, 0.15) is 58.3 Å². The summed E-state index contributed by atoms with van der Waals surface area (Å²) >= 11 is 0. The maximum atomic E-state index is 9.47. The van der Waals surface area contributed by atoms with Crippen molar-refractivity contribution in [1.82, 2.24) is 10.6 Å². The van der Waals surface area contributed by atoms with Crippen LogP contribution in [0.5, 0.6) is 5.75 Å². The molecule has 0 radical (unpaired) electrons. The number of para-hydroxylation sites is 1. The molecule has 28 heavy (non-hydrogen) atoms. The lowest BCUT2D eigenvalue weighted by Crippen LogP contribution is -2.39. The van der Waals surface area contributed by atoms with Gasteiger partial charge in [-0.25, -0.2) is 0 Å². The summed E-state index contributed by atoms with van der Waals surface area (Å²) in [6, 6.07) is 9.96. The molecule has 6 heteroatoms. The lowest BCUT2D eigenvalue weighted by atomic mass is 9.72. The summed E-state index contributed by atoms with van der Waals surface area (Å²) in [6.45, 7) is 5.64. The topological polar surface area (TPSA) is 65.9 Å². The van der Waals surface area contributed by atoms with Crippen LogP contribution in [0.4, 0.5) is 0 Å². The highest BCUT2D eigenvalue weighted by Gasteiger charge is 2.31. The normalized spacial score (nSPS) is 16.1. The van der Waals surface area contributed by atoms with Crippen molar-refractivity contribution in [3.8, 4) is 5.75 Å². The second kappa shape index (κ2) is 14.9. The SMILES string of the molecule is CCNC(=NCC1(CCO)CCCCC1)NCCCCOc1ccccc1.I. The van der Waals surface area contributed by atoms with Crippen LogP contribution < -0.4 is 15.4 Å². The molecule has 1 aliphatic carbocycles. The Hall–Kier alpha value is -1.02. The molecule has 5 nitrogen and oxygen atoms in total. The van der Waals surface area contributed by atoms with E-state index >= 15 is 0 Å². The molecule has 1 aromatic rings. The van der Waals surface area contributed by atoms with Gasteiger partial charge in [0.15, 0.2) is 5.96 Å². The first-order valence-corrected chi connectivity index (χ1v) is 10.6. The molecule has 1 fully saturated rings. The van der Waals surface area contributed by atoms with Crippen LogP contribution in [-0.2, 0) is 0 Å². The van der Waals surface area contributed by atoms with Gasteiger partial charge in [0.05, 0.1) is 6.61 Å². The van der Waals surface area contributed by atoms with Crippen LogP contribution in [0.25, 0.3) is 0 Å². The lowest BCUT2D eigenvalue weighted by Gasteiger charge is -2.35. The first kappa shape index (κ1) is 25.0. The first-order valence-electron chi connectivity index (χ1n) is 10.6. The van der Waals surface area contributed by atoms with Crippen molar-refractivity contribution in [1.29, 1.82) is 0 Å². The molecule has 0 unspecified atom stereocenters. The molecule has 0 bridgehead atoms. The Morgan fingerprint density at radius 3 is 2.54 bits per heavy atom. The van der Waals surface area contributed by atoms with Gasteiger partial charge in [-0.05, 0) is 56.6 Å². The predicted octanol–water partition coefficient (Wildman–Crippen LogP) is 4.35. The number of nitrogens with one attached hydrogen (secondary N) is 2. The van der Waals surface area contributed by atoms with Gasteiger partial charge in [0.2, 0.25) is 0 Å². The van der Waals surface area contributed by atoms with Crippen molar-refractivity contribution in [2.75, 3.05) is 32.8 Å². The van der Waals surface area contributed by atoms with Gasteiger partial charge in [0.1, 0.15) is 5.75 Å². The van der Waals surface area contributed by atoms with E-state index in [0.717, 1.165) is 57.2 Å². The van der Waals surface area contributed by atoms with Gasteiger partial charge in [-0.2, -0.15) is 0 Å². The molecule has 3 N–H and O–H groups in total. The highest BCUT2D eigenvalue weighted by atomic mass is 127. The van der Waals surface area contributed by atoms with Gasteiger partial charge in [-0.3, -0.25) is 4.99 Å². The van der Waals surface area contributed by atoms with E-state index in [0.29, 0.717) is 0 Å². The second-order valence-electron chi connectivity index (χ2n) is 7.52. The molecule has 0 aliphatic heterocycles. The quantitative estimate of drug-likeness (QED) is 0.182. The fraction of sp³-hybridized carbons (Fsp3) is 0.682. The van der Waals surface area contributed by atoms with Crippen molar-refractivity contribution < 1.29 is 9.84 Å². The molecule has 0 amide bonds. The fourth-order valence-corrected chi connectivity index (χ4v) is 3.76. The molecule has 2 rings (SSSR count). The largest absolute Gasteiger partial charge is 0.494 e. The number of nitrogens with zero attached hydrogens (tertiary/aromatic N) is 1. The average molecular weight is 503 g/mol. The van der Waals surface area contributed by atoms with E-state index < -0.39 is 0 Å². The molecule has 0 atom stereocenters. The van der Waals surface area contributed by atoms with Crippen molar-refractivity contribution >= 4 is 29.9 Å². The Labute approximate surface area is 187 Å². The van der Waals surface area contributed by atoms with Crippen LogP contribution in [0.15, 0.2) is 35.3 Å². The van der Waals surface area contributed by atoms with Crippen LogP contribution in [0, 0.1) is 5.41 Å². The van der Waals surface area contributed by atoms with Gasteiger partial charge < -0.3 is 20.5 Å². The van der Waals surface area contributed by atoms with Gasteiger partial charge in [0, 0.05) is 26.2 Å². The Balaban J connectivity index is 0.00000392. The Kier molecular flexibility index (Phi) is 13.3. The molecular formula is C22H38IN3O2. The number of ether oxygens (including phenoxy) is 1. The number of guanidine groups is 1. The van der Waals surface area contributed by atoms with E-state index in [1.165, 1.54) is 32.1 Å². The van der Waals surface area contributed by atoms with Crippen molar-refractivity contribution in [2.24, 2.45) is 10.4 Å². The second-order valence-corrected chi connectivity index (χ2v) is 7.52. The number of unbranched alkanes of at least 4 members (excludes halogenated alkanes) is 1. The number of rotatable bonds is 11. The highest BCUT2D eigenvalue weighted by molar-refractivity contribution is 14.0. The molecular weight excluding hydrogens is 465 g/mol. The molecule has 0 aromatic heterocycles. The molecule has 160 valence electrons. The van der Waals surface area contributed by atoms with Crippen LogP contribution in [0.2, 0.25) is 0 Å². The minimum absolute atomic E-state index is 0. The zero-order valence-corrected chi connectivity index (χ0v) is 19.6. The number of benzene rings is 1. The number of hydrogen-bond donors (Lipinski definition) is 3. The maximum Gasteiger partial charge on any atom is 0.191 e. The third-order valence-electron chi connectivity index (χ3n) is 5.35. The van der Waals surface area contributed by atoms with E-state index in [1.54, 1.807) is 0 Å². The van der Waals surface area contributed by atoms with E-state index in [2.05, 4.69) is 17.6 Å². The standard InChI is InChI=1S/C22H37N3O2.HI/c1-2-23-21(25-19-22(15-17-26)13-7-4-8-14-22)24-16-9-10-18-27-20-11-5-3-6-12-20;/h3,5-6,11-12,26H,2,4,7-10,13-19H2,1H3,(H2,23,24,25);1H. The molecule has 1 saturated carbocycles. The van der Waals surface area contributed by atoms with Crippen LogP contribution in [-0.4, -0.2) is 43.9 Å². The lowest BCUT2D eigenvalue weighted by molar-refractivity contribution is 0.137. The molecule has 0 heterocycles. The van der Waals surface area contributed by atoms with Gasteiger partial charge in [0.25, 0.3) is 0 Å². The number of aliphatic hydroxyl groups is 1. The summed E-state index contributed by atoms with van der Waals surface area (Å²) in [7, 11) is 0. The number of aliphatic hydroxyl groups excluding tert-OH is 1. The third-order valence-corrected chi connectivity index (χ3v) is 5.35.